The molecule has 1 atom stereocenters. The van der Waals surface area contributed by atoms with Crippen molar-refractivity contribution < 1.29 is 13.2 Å². The summed E-state index contributed by atoms with van der Waals surface area (Å²) < 4.78 is 26.6. The normalized spacial score (nSPS) is 16.2. The lowest BCUT2D eigenvalue weighted by Crippen LogP contribution is -2.28. The number of benzene rings is 2. The van der Waals surface area contributed by atoms with Crippen LogP contribution in [-0.4, -0.2) is 31.7 Å². The lowest BCUT2D eigenvalue weighted by atomic mass is 10.0. The summed E-state index contributed by atoms with van der Waals surface area (Å²) in [5, 5.41) is 2.96. The van der Waals surface area contributed by atoms with Gasteiger partial charge in [-0.05, 0) is 61.6 Å². The fourth-order valence-corrected chi connectivity index (χ4v) is 4.78. The highest BCUT2D eigenvalue weighted by atomic mass is 32.2. The van der Waals surface area contributed by atoms with Gasteiger partial charge in [-0.25, -0.2) is 8.42 Å². The molecule has 27 heavy (non-hydrogen) atoms. The van der Waals surface area contributed by atoms with Crippen molar-refractivity contribution in [3.63, 3.8) is 0 Å². The number of aryl methyl sites for hydroxylation is 1. The highest BCUT2D eigenvalue weighted by molar-refractivity contribution is 7.89. The molecule has 0 saturated carbocycles. The maximum absolute atomic E-state index is 12.6. The SMILES string of the molecule is CCc1ccc([C@@H](C)NC(=O)c2ccc(S(=O)(=O)N3CCCC3)cc2)cc1. The third-order valence-electron chi connectivity index (χ3n) is 5.05. The Hall–Kier alpha value is -2.18. The zero-order chi connectivity index (χ0) is 19.4. The molecular formula is C21H26N2O3S. The van der Waals surface area contributed by atoms with Gasteiger partial charge in [0.05, 0.1) is 10.9 Å². The van der Waals surface area contributed by atoms with E-state index in [1.807, 2.05) is 19.1 Å². The van der Waals surface area contributed by atoms with Crippen LogP contribution in [-0.2, 0) is 16.4 Å². The molecule has 1 heterocycles. The fourth-order valence-electron chi connectivity index (χ4n) is 3.26. The van der Waals surface area contributed by atoms with E-state index in [1.54, 1.807) is 12.1 Å². The highest BCUT2D eigenvalue weighted by Crippen LogP contribution is 2.21. The third kappa shape index (κ3) is 4.39. The van der Waals surface area contributed by atoms with Crippen LogP contribution in [0.15, 0.2) is 53.4 Å². The first kappa shape index (κ1) is 19.6. The van der Waals surface area contributed by atoms with Crippen LogP contribution in [0, 0.1) is 0 Å². The van der Waals surface area contributed by atoms with Crippen molar-refractivity contribution >= 4 is 15.9 Å². The molecule has 2 aromatic carbocycles. The van der Waals surface area contributed by atoms with Crippen molar-refractivity contribution in [3.05, 3.63) is 65.2 Å². The van der Waals surface area contributed by atoms with Crippen LogP contribution in [0.3, 0.4) is 0 Å². The number of nitrogens with zero attached hydrogens (tertiary/aromatic N) is 1. The van der Waals surface area contributed by atoms with Crippen molar-refractivity contribution in [3.8, 4) is 0 Å². The number of amides is 1. The van der Waals surface area contributed by atoms with Gasteiger partial charge in [0.1, 0.15) is 0 Å². The molecule has 1 aliphatic rings. The van der Waals surface area contributed by atoms with Crippen molar-refractivity contribution in [1.82, 2.24) is 9.62 Å². The molecule has 0 aromatic heterocycles. The monoisotopic (exact) mass is 386 g/mol. The topological polar surface area (TPSA) is 66.5 Å². The number of rotatable bonds is 6. The molecule has 1 saturated heterocycles. The summed E-state index contributed by atoms with van der Waals surface area (Å²) in [6, 6.07) is 14.2. The summed E-state index contributed by atoms with van der Waals surface area (Å²) in [5.41, 5.74) is 2.74. The molecule has 1 aliphatic heterocycles. The molecule has 0 unspecified atom stereocenters. The summed E-state index contributed by atoms with van der Waals surface area (Å²) in [5.74, 6) is -0.216. The Balaban J connectivity index is 1.68. The minimum absolute atomic E-state index is 0.128. The van der Waals surface area contributed by atoms with Gasteiger partial charge in [0.2, 0.25) is 10.0 Å². The van der Waals surface area contributed by atoms with Crippen molar-refractivity contribution in [2.45, 2.75) is 44.0 Å². The average molecular weight is 387 g/mol. The van der Waals surface area contributed by atoms with E-state index in [0.29, 0.717) is 18.7 Å². The minimum atomic E-state index is -3.45. The molecule has 0 spiro atoms. The molecule has 1 N–H and O–H groups in total. The van der Waals surface area contributed by atoms with E-state index >= 15 is 0 Å². The summed E-state index contributed by atoms with van der Waals surface area (Å²) >= 11 is 0. The van der Waals surface area contributed by atoms with Crippen LogP contribution in [0.1, 0.15) is 54.2 Å². The lowest BCUT2D eigenvalue weighted by molar-refractivity contribution is 0.0940. The summed E-state index contributed by atoms with van der Waals surface area (Å²) in [6.07, 6.45) is 2.78. The first-order chi connectivity index (χ1) is 12.9. The first-order valence-electron chi connectivity index (χ1n) is 9.41. The Kier molecular flexibility index (Phi) is 5.97. The summed E-state index contributed by atoms with van der Waals surface area (Å²) in [6.45, 7) is 5.18. The van der Waals surface area contributed by atoms with Crippen molar-refractivity contribution in [2.75, 3.05) is 13.1 Å². The van der Waals surface area contributed by atoms with E-state index in [0.717, 1.165) is 24.8 Å². The van der Waals surface area contributed by atoms with Gasteiger partial charge in [-0.2, -0.15) is 4.31 Å². The lowest BCUT2D eigenvalue weighted by Gasteiger charge is -2.17. The Morgan fingerprint density at radius 1 is 1.04 bits per heavy atom. The molecule has 6 heteroatoms. The van der Waals surface area contributed by atoms with E-state index in [1.165, 1.54) is 22.0 Å². The maximum Gasteiger partial charge on any atom is 0.251 e. The molecule has 1 amide bonds. The van der Waals surface area contributed by atoms with Crippen LogP contribution >= 0.6 is 0 Å². The van der Waals surface area contributed by atoms with Gasteiger partial charge in [0.15, 0.2) is 0 Å². The summed E-state index contributed by atoms with van der Waals surface area (Å²) in [4.78, 5) is 12.7. The van der Waals surface area contributed by atoms with Gasteiger partial charge in [-0.15, -0.1) is 0 Å². The molecule has 0 bridgehead atoms. The number of hydrogen-bond acceptors (Lipinski definition) is 3. The van der Waals surface area contributed by atoms with E-state index in [2.05, 4.69) is 24.4 Å². The second-order valence-electron chi connectivity index (χ2n) is 6.93. The smallest absolute Gasteiger partial charge is 0.251 e. The van der Waals surface area contributed by atoms with Crippen LogP contribution < -0.4 is 5.32 Å². The Bertz CT molecular complexity index is 884. The fraction of sp³-hybridized carbons (Fsp3) is 0.381. The van der Waals surface area contributed by atoms with Crippen molar-refractivity contribution in [2.24, 2.45) is 0 Å². The van der Waals surface area contributed by atoms with Gasteiger partial charge >= 0.3 is 0 Å². The standard InChI is InChI=1S/C21H26N2O3S/c1-3-17-6-8-18(9-7-17)16(2)22-21(24)19-10-12-20(13-11-19)27(25,26)23-14-4-5-15-23/h6-13,16H,3-5,14-15H2,1-2H3,(H,22,24)/t16-/m1/s1. The Morgan fingerprint density at radius 3 is 2.19 bits per heavy atom. The molecule has 144 valence electrons. The Morgan fingerprint density at radius 2 is 1.63 bits per heavy atom. The van der Waals surface area contributed by atoms with Crippen LogP contribution in [0.5, 0.6) is 0 Å². The number of sulfonamides is 1. The molecule has 5 nitrogen and oxygen atoms in total. The first-order valence-corrected chi connectivity index (χ1v) is 10.9. The highest BCUT2D eigenvalue weighted by Gasteiger charge is 2.27. The maximum atomic E-state index is 12.6. The number of carbonyl (C=O) groups excluding carboxylic acids is 1. The second kappa shape index (κ2) is 8.23. The average Bonchev–Trinajstić information content (AvgIpc) is 3.24. The van der Waals surface area contributed by atoms with Gasteiger partial charge in [0, 0.05) is 18.7 Å². The van der Waals surface area contributed by atoms with Crippen molar-refractivity contribution in [1.29, 1.82) is 0 Å². The van der Waals surface area contributed by atoms with Gasteiger partial charge in [-0.1, -0.05) is 31.2 Å². The van der Waals surface area contributed by atoms with E-state index in [9.17, 15) is 13.2 Å². The van der Waals surface area contributed by atoms with Gasteiger partial charge in [0.25, 0.3) is 5.91 Å². The van der Waals surface area contributed by atoms with E-state index in [4.69, 9.17) is 0 Å². The molecule has 0 radical (unpaired) electrons. The van der Waals surface area contributed by atoms with Gasteiger partial charge < -0.3 is 5.32 Å². The van der Waals surface area contributed by atoms with E-state index < -0.39 is 10.0 Å². The van der Waals surface area contributed by atoms with E-state index in [-0.39, 0.29) is 16.8 Å². The zero-order valence-corrected chi connectivity index (χ0v) is 16.6. The minimum Gasteiger partial charge on any atom is -0.346 e. The van der Waals surface area contributed by atoms with Crippen LogP contribution in [0.25, 0.3) is 0 Å². The third-order valence-corrected chi connectivity index (χ3v) is 6.97. The zero-order valence-electron chi connectivity index (χ0n) is 15.8. The number of hydrogen-bond donors (Lipinski definition) is 1. The van der Waals surface area contributed by atoms with Crippen LogP contribution in [0.2, 0.25) is 0 Å². The molecule has 0 aliphatic carbocycles. The van der Waals surface area contributed by atoms with Crippen LogP contribution in [0.4, 0.5) is 0 Å². The molecular weight excluding hydrogens is 360 g/mol. The number of nitrogens with one attached hydrogen (secondary N) is 1. The predicted molar refractivity (Wildman–Crippen MR) is 106 cm³/mol. The van der Waals surface area contributed by atoms with Gasteiger partial charge in [-0.3, -0.25) is 4.79 Å². The second-order valence-corrected chi connectivity index (χ2v) is 8.86. The molecule has 3 rings (SSSR count). The summed E-state index contributed by atoms with van der Waals surface area (Å²) in [7, 11) is -3.45. The predicted octanol–water partition coefficient (Wildman–Crippen LogP) is 3.52. The largest absolute Gasteiger partial charge is 0.346 e. The molecule has 1 fully saturated rings. The quantitative estimate of drug-likeness (QED) is 0.826. The molecule has 2 aromatic rings. The Labute approximate surface area is 161 Å². The number of carbonyl (C=O) groups is 1.